The highest BCUT2D eigenvalue weighted by Gasteiger charge is 2.21. The summed E-state index contributed by atoms with van der Waals surface area (Å²) in [5, 5.41) is 6.80. The van der Waals surface area contributed by atoms with Crippen LogP contribution in [0.4, 0.5) is 20.6 Å². The molecule has 0 bridgehead atoms. The van der Waals surface area contributed by atoms with Crippen LogP contribution in [0.1, 0.15) is 19.0 Å². The number of nitrogens with one attached hydrogen (secondary N) is 2. The Labute approximate surface area is 241 Å². The number of benzene rings is 4. The molecule has 1 heterocycles. The molecule has 0 atom stereocenters. The first kappa shape index (κ1) is 28.2. The number of aromatic nitrogens is 2. The fourth-order valence-electron chi connectivity index (χ4n) is 4.70. The van der Waals surface area contributed by atoms with Crippen LogP contribution in [-0.2, 0) is 11.8 Å². The minimum Gasteiger partial charge on any atom is -0.495 e. The zero-order valence-corrected chi connectivity index (χ0v) is 23.5. The largest absolute Gasteiger partial charge is 0.495 e. The van der Waals surface area contributed by atoms with E-state index in [2.05, 4.69) is 10.6 Å². The van der Waals surface area contributed by atoms with Crippen molar-refractivity contribution < 1.29 is 23.5 Å². The number of carbonyl (C=O) groups excluding carboxylic acids is 2. The number of halogens is 1. The topological polar surface area (TPSA) is 104 Å². The van der Waals surface area contributed by atoms with Crippen molar-refractivity contribution in [2.45, 2.75) is 20.3 Å². The summed E-state index contributed by atoms with van der Waals surface area (Å²) >= 11 is 0. The van der Waals surface area contributed by atoms with Gasteiger partial charge in [0.1, 0.15) is 11.5 Å². The molecule has 0 fully saturated rings. The van der Waals surface area contributed by atoms with Crippen LogP contribution in [0.25, 0.3) is 21.9 Å². The third-order valence-electron chi connectivity index (χ3n) is 6.97. The fourth-order valence-corrected chi connectivity index (χ4v) is 4.70. The third kappa shape index (κ3) is 5.34. The van der Waals surface area contributed by atoms with Crippen LogP contribution in [0.3, 0.4) is 0 Å². The number of methoxy groups -OCH3 is 1. The second kappa shape index (κ2) is 11.6. The van der Waals surface area contributed by atoms with Crippen molar-refractivity contribution in [2.24, 2.45) is 7.05 Å². The van der Waals surface area contributed by atoms with Crippen LogP contribution in [0.2, 0.25) is 0 Å². The van der Waals surface area contributed by atoms with Crippen LogP contribution in [0.15, 0.2) is 83.7 Å². The first-order valence-electron chi connectivity index (χ1n) is 13.2. The Morgan fingerprint density at radius 1 is 0.905 bits per heavy atom. The monoisotopic (exact) mass is 568 g/mol. The SMILES string of the molecule is CCC(=O)Nc1cc2c(Oc3ccc(NC(=O)n4c(=O)c(-c5ccccc5)c(C)n4C)cc3F)cccc2cc1OC. The Morgan fingerprint density at radius 3 is 2.36 bits per heavy atom. The van der Waals surface area contributed by atoms with Gasteiger partial charge in [0.15, 0.2) is 11.6 Å². The summed E-state index contributed by atoms with van der Waals surface area (Å²) in [5.41, 5.74) is 1.84. The lowest BCUT2D eigenvalue weighted by molar-refractivity contribution is -0.115. The van der Waals surface area contributed by atoms with Crippen LogP contribution in [0, 0.1) is 12.7 Å². The molecule has 4 aromatic carbocycles. The Bertz CT molecular complexity index is 1880. The van der Waals surface area contributed by atoms with Crippen LogP contribution < -0.4 is 25.7 Å². The maximum atomic E-state index is 15.2. The predicted molar refractivity (Wildman–Crippen MR) is 160 cm³/mol. The predicted octanol–water partition coefficient (Wildman–Crippen LogP) is 6.68. The Balaban J connectivity index is 1.41. The fraction of sp³-hybridized carbons (Fsp3) is 0.156. The van der Waals surface area contributed by atoms with E-state index < -0.39 is 17.4 Å². The molecule has 0 saturated carbocycles. The van der Waals surface area contributed by atoms with E-state index >= 15 is 4.39 Å². The molecule has 0 unspecified atom stereocenters. The summed E-state index contributed by atoms with van der Waals surface area (Å²) in [5.74, 6) is -0.140. The molecule has 0 aliphatic carbocycles. The molecule has 5 aromatic rings. The van der Waals surface area contributed by atoms with Gasteiger partial charge in [-0.2, -0.15) is 4.68 Å². The van der Waals surface area contributed by atoms with Crippen LogP contribution >= 0.6 is 0 Å². The van der Waals surface area contributed by atoms with Crippen molar-refractivity contribution in [2.75, 3.05) is 17.7 Å². The van der Waals surface area contributed by atoms with Gasteiger partial charge in [0.05, 0.1) is 18.4 Å². The van der Waals surface area contributed by atoms with Crippen LogP contribution in [-0.4, -0.2) is 28.4 Å². The molecule has 0 aliphatic heterocycles. The summed E-state index contributed by atoms with van der Waals surface area (Å²) in [4.78, 5) is 38.3. The van der Waals surface area contributed by atoms with Crippen molar-refractivity contribution in [3.05, 3.63) is 101 Å². The van der Waals surface area contributed by atoms with Gasteiger partial charge in [-0.1, -0.05) is 49.4 Å². The molecule has 42 heavy (non-hydrogen) atoms. The molecule has 0 spiro atoms. The molecule has 0 radical (unpaired) electrons. The van der Waals surface area contributed by atoms with E-state index in [0.717, 1.165) is 16.1 Å². The normalized spacial score (nSPS) is 10.9. The summed E-state index contributed by atoms with van der Waals surface area (Å²) in [6.07, 6.45) is 0.292. The zero-order chi connectivity index (χ0) is 30.0. The molecule has 5 rings (SSSR count). The Morgan fingerprint density at radius 2 is 1.67 bits per heavy atom. The lowest BCUT2D eigenvalue weighted by Crippen LogP contribution is -2.33. The second-order valence-corrected chi connectivity index (χ2v) is 9.58. The zero-order valence-electron chi connectivity index (χ0n) is 23.5. The minimum absolute atomic E-state index is 0.0753. The van der Waals surface area contributed by atoms with Gasteiger partial charge in [-0.3, -0.25) is 14.3 Å². The number of anilines is 2. The van der Waals surface area contributed by atoms with E-state index in [4.69, 9.17) is 9.47 Å². The van der Waals surface area contributed by atoms with Gasteiger partial charge in [0, 0.05) is 36.3 Å². The average molecular weight is 569 g/mol. The second-order valence-electron chi connectivity index (χ2n) is 9.58. The number of nitrogens with zero attached hydrogens (tertiary/aromatic N) is 2. The van der Waals surface area contributed by atoms with Crippen molar-refractivity contribution in [3.63, 3.8) is 0 Å². The number of carbonyl (C=O) groups is 2. The molecule has 214 valence electrons. The maximum absolute atomic E-state index is 15.2. The van der Waals surface area contributed by atoms with E-state index in [1.54, 1.807) is 57.3 Å². The van der Waals surface area contributed by atoms with Crippen LogP contribution in [0.5, 0.6) is 17.2 Å². The van der Waals surface area contributed by atoms with E-state index in [1.165, 1.54) is 23.9 Å². The number of hydrogen-bond donors (Lipinski definition) is 2. The number of amides is 2. The first-order chi connectivity index (χ1) is 20.2. The highest BCUT2D eigenvalue weighted by Crippen LogP contribution is 2.37. The number of hydrogen-bond acceptors (Lipinski definition) is 5. The van der Waals surface area contributed by atoms with E-state index in [1.807, 2.05) is 24.3 Å². The molecular weight excluding hydrogens is 539 g/mol. The number of fused-ring (bicyclic) bond motifs is 1. The van der Waals surface area contributed by atoms with Gasteiger partial charge in [-0.15, -0.1) is 0 Å². The maximum Gasteiger partial charge on any atom is 0.348 e. The van der Waals surface area contributed by atoms with Gasteiger partial charge in [-0.25, -0.2) is 9.18 Å². The van der Waals surface area contributed by atoms with Gasteiger partial charge >= 0.3 is 6.03 Å². The minimum atomic E-state index is -0.731. The first-order valence-corrected chi connectivity index (χ1v) is 13.2. The molecule has 2 amide bonds. The van der Waals surface area contributed by atoms with Gasteiger partial charge in [-0.05, 0) is 48.2 Å². The number of ether oxygens (including phenoxy) is 2. The summed E-state index contributed by atoms with van der Waals surface area (Å²) in [6.45, 7) is 3.50. The van der Waals surface area contributed by atoms with Crippen molar-refractivity contribution in [1.29, 1.82) is 0 Å². The van der Waals surface area contributed by atoms with Gasteiger partial charge in [0.25, 0.3) is 5.56 Å². The average Bonchev–Trinajstić information content (AvgIpc) is 3.21. The highest BCUT2D eigenvalue weighted by molar-refractivity contribution is 5.99. The summed E-state index contributed by atoms with van der Waals surface area (Å²) < 4.78 is 29.0. The standard InChI is InChI=1S/C32H29FN4O5/c1-5-29(38)35-25-18-23-21(16-28(25)41-4)12-9-13-26(23)42-27-15-14-22(17-24(27)33)34-32(40)37-31(39)30(19(2)36(37)3)20-10-7-6-8-11-20/h6-18H,5H2,1-4H3,(H,34,40)(H,35,38). The van der Waals surface area contributed by atoms with Crippen molar-refractivity contribution in [1.82, 2.24) is 9.36 Å². The highest BCUT2D eigenvalue weighted by atomic mass is 19.1. The quantitative estimate of drug-likeness (QED) is 0.228. The van der Waals surface area contributed by atoms with Crippen molar-refractivity contribution in [3.8, 4) is 28.4 Å². The van der Waals surface area contributed by atoms with E-state index in [0.29, 0.717) is 45.8 Å². The molecule has 0 aliphatic rings. The molecule has 2 N–H and O–H groups in total. The number of rotatable bonds is 7. The smallest absolute Gasteiger partial charge is 0.348 e. The molecule has 9 nitrogen and oxygen atoms in total. The third-order valence-corrected chi connectivity index (χ3v) is 6.97. The molecule has 1 aromatic heterocycles. The lowest BCUT2D eigenvalue weighted by atomic mass is 10.1. The summed E-state index contributed by atoms with van der Waals surface area (Å²) in [7, 11) is 3.12. The van der Waals surface area contributed by atoms with E-state index in [9.17, 15) is 14.4 Å². The van der Waals surface area contributed by atoms with Gasteiger partial charge < -0.3 is 20.1 Å². The van der Waals surface area contributed by atoms with E-state index in [-0.39, 0.29) is 17.3 Å². The molecular formula is C32H29FN4O5. The Hall–Kier alpha value is -5.38. The van der Waals surface area contributed by atoms with Gasteiger partial charge in [0.2, 0.25) is 5.91 Å². The molecule has 0 saturated heterocycles. The Kier molecular flexibility index (Phi) is 7.79. The molecule has 10 heteroatoms. The van der Waals surface area contributed by atoms with Crippen molar-refractivity contribution >= 4 is 34.1 Å². The lowest BCUT2D eigenvalue weighted by Gasteiger charge is -2.15. The summed E-state index contributed by atoms with van der Waals surface area (Å²) in [6, 6.07) is 21.1.